The molecule has 0 aliphatic heterocycles. The summed E-state index contributed by atoms with van der Waals surface area (Å²) in [4.78, 5) is 21.9. The predicted octanol–water partition coefficient (Wildman–Crippen LogP) is 7.33. The average Bonchev–Trinajstić information content (AvgIpc) is 3.47. The first-order valence-corrected chi connectivity index (χ1v) is 14.0. The van der Waals surface area contributed by atoms with Gasteiger partial charge in [-0.05, 0) is 72.2 Å². The van der Waals surface area contributed by atoms with E-state index < -0.39 is 5.97 Å². The summed E-state index contributed by atoms with van der Waals surface area (Å²) in [6.07, 6.45) is 6.45. The van der Waals surface area contributed by atoms with Crippen LogP contribution in [-0.2, 0) is 24.8 Å². The summed E-state index contributed by atoms with van der Waals surface area (Å²) < 4.78 is 4.49. The molecule has 1 aliphatic rings. The Hall–Kier alpha value is -4.45. The standard InChI is InChI=1S/C34H34N4O2/c1-5-9-30-36-32-22(3)18-25(33-35-27-12-6-7-13-28(27)37(33)4)19-29(32)38(30)20-23-14-16-24(17-15-23)31-21(2)10-8-11-26(31)34(39)40/h6-8,11-19,21H,5,9-10,20H2,1-4H3,(H,39,40). The van der Waals surface area contributed by atoms with Gasteiger partial charge in [0.05, 0.1) is 27.6 Å². The molecule has 0 saturated heterocycles. The summed E-state index contributed by atoms with van der Waals surface area (Å²) in [6.45, 7) is 7.10. The van der Waals surface area contributed by atoms with Crippen LogP contribution in [0.2, 0.25) is 0 Å². The normalized spacial score (nSPS) is 15.4. The van der Waals surface area contributed by atoms with Gasteiger partial charge in [0.2, 0.25) is 0 Å². The molecule has 0 amide bonds. The van der Waals surface area contributed by atoms with Crippen LogP contribution in [0, 0.1) is 12.8 Å². The topological polar surface area (TPSA) is 72.9 Å². The highest BCUT2D eigenvalue weighted by molar-refractivity contribution is 6.00. The van der Waals surface area contributed by atoms with E-state index in [0.29, 0.717) is 12.1 Å². The van der Waals surface area contributed by atoms with Gasteiger partial charge in [-0.3, -0.25) is 0 Å². The number of hydrogen-bond donors (Lipinski definition) is 1. The van der Waals surface area contributed by atoms with E-state index in [0.717, 1.165) is 80.8 Å². The quantitative estimate of drug-likeness (QED) is 0.239. The van der Waals surface area contributed by atoms with Crippen molar-refractivity contribution < 1.29 is 9.90 Å². The van der Waals surface area contributed by atoms with Crippen molar-refractivity contribution in [3.8, 4) is 11.4 Å². The Morgan fingerprint density at radius 2 is 1.80 bits per heavy atom. The van der Waals surface area contributed by atoms with Crippen molar-refractivity contribution in [2.45, 2.75) is 46.6 Å². The van der Waals surface area contributed by atoms with E-state index in [9.17, 15) is 9.90 Å². The van der Waals surface area contributed by atoms with Crippen molar-refractivity contribution in [1.29, 1.82) is 0 Å². The van der Waals surface area contributed by atoms with Crippen molar-refractivity contribution in [3.63, 3.8) is 0 Å². The molecule has 2 heterocycles. The van der Waals surface area contributed by atoms with E-state index in [-0.39, 0.29) is 5.92 Å². The zero-order valence-electron chi connectivity index (χ0n) is 23.5. The molecule has 40 heavy (non-hydrogen) atoms. The number of carboxylic acid groups (broad SMARTS) is 1. The smallest absolute Gasteiger partial charge is 0.335 e. The molecule has 1 unspecified atom stereocenters. The number of aromatic nitrogens is 4. The van der Waals surface area contributed by atoms with Crippen molar-refractivity contribution in [3.05, 3.63) is 101 Å². The Bertz CT molecular complexity index is 1820. The molecule has 3 aromatic carbocycles. The molecule has 0 spiro atoms. The molecule has 5 aromatic rings. The minimum Gasteiger partial charge on any atom is -0.478 e. The largest absolute Gasteiger partial charge is 0.478 e. The van der Waals surface area contributed by atoms with Gasteiger partial charge in [-0.25, -0.2) is 14.8 Å². The lowest BCUT2D eigenvalue weighted by atomic mass is 9.83. The summed E-state index contributed by atoms with van der Waals surface area (Å²) in [6, 6.07) is 21.0. The fraction of sp³-hybridized carbons (Fsp3) is 0.265. The lowest BCUT2D eigenvalue weighted by molar-refractivity contribution is -0.132. The van der Waals surface area contributed by atoms with Crippen LogP contribution in [0.25, 0.3) is 39.0 Å². The van der Waals surface area contributed by atoms with Crippen LogP contribution < -0.4 is 0 Å². The molecular weight excluding hydrogens is 496 g/mol. The fourth-order valence-electron chi connectivity index (χ4n) is 6.03. The van der Waals surface area contributed by atoms with E-state index in [1.54, 1.807) is 6.08 Å². The fourth-order valence-corrected chi connectivity index (χ4v) is 6.03. The number of fused-ring (bicyclic) bond motifs is 2. The number of imidazole rings is 2. The number of hydrogen-bond acceptors (Lipinski definition) is 3. The van der Waals surface area contributed by atoms with Crippen LogP contribution in [0.4, 0.5) is 0 Å². The summed E-state index contributed by atoms with van der Waals surface area (Å²) in [7, 11) is 2.07. The first-order chi connectivity index (χ1) is 19.4. The Labute approximate surface area is 234 Å². The summed E-state index contributed by atoms with van der Waals surface area (Å²) in [5.74, 6) is 1.31. The zero-order chi connectivity index (χ0) is 28.0. The molecule has 1 N–H and O–H groups in total. The Morgan fingerprint density at radius 1 is 1.02 bits per heavy atom. The lowest BCUT2D eigenvalue weighted by Gasteiger charge is -2.21. The molecule has 0 fully saturated rings. The summed E-state index contributed by atoms with van der Waals surface area (Å²) >= 11 is 0. The third-order valence-electron chi connectivity index (χ3n) is 8.04. The third-order valence-corrected chi connectivity index (χ3v) is 8.04. The number of carbonyl (C=O) groups is 1. The molecular formula is C34H34N4O2. The van der Waals surface area contributed by atoms with E-state index >= 15 is 0 Å². The van der Waals surface area contributed by atoms with Gasteiger partial charge in [0.1, 0.15) is 11.6 Å². The van der Waals surface area contributed by atoms with Crippen molar-refractivity contribution >= 4 is 33.6 Å². The van der Waals surface area contributed by atoms with Gasteiger partial charge in [0.15, 0.2) is 0 Å². The Balaban J connectivity index is 1.42. The van der Waals surface area contributed by atoms with Crippen LogP contribution >= 0.6 is 0 Å². The Morgan fingerprint density at radius 3 is 2.52 bits per heavy atom. The van der Waals surface area contributed by atoms with E-state index in [2.05, 4.69) is 85.5 Å². The minimum absolute atomic E-state index is 0.167. The van der Waals surface area contributed by atoms with Gasteiger partial charge >= 0.3 is 5.97 Å². The van der Waals surface area contributed by atoms with Crippen LogP contribution in [0.3, 0.4) is 0 Å². The van der Waals surface area contributed by atoms with Gasteiger partial charge in [-0.2, -0.15) is 0 Å². The molecule has 6 nitrogen and oxygen atoms in total. The second-order valence-electron chi connectivity index (χ2n) is 10.9. The van der Waals surface area contributed by atoms with E-state index in [1.165, 1.54) is 0 Å². The molecule has 1 aliphatic carbocycles. The van der Waals surface area contributed by atoms with E-state index in [1.807, 2.05) is 18.2 Å². The highest BCUT2D eigenvalue weighted by atomic mass is 16.4. The maximum atomic E-state index is 11.9. The number of para-hydroxylation sites is 2. The van der Waals surface area contributed by atoms with Gasteiger partial charge in [-0.15, -0.1) is 0 Å². The highest BCUT2D eigenvalue weighted by Gasteiger charge is 2.22. The maximum Gasteiger partial charge on any atom is 0.335 e. The molecule has 0 radical (unpaired) electrons. The molecule has 6 heteroatoms. The first-order valence-electron chi connectivity index (χ1n) is 14.0. The average molecular weight is 531 g/mol. The van der Waals surface area contributed by atoms with Gasteiger partial charge in [0, 0.05) is 25.6 Å². The van der Waals surface area contributed by atoms with Crippen LogP contribution in [0.1, 0.15) is 49.2 Å². The second-order valence-corrected chi connectivity index (χ2v) is 10.9. The lowest BCUT2D eigenvalue weighted by Crippen LogP contribution is -2.11. The Kier molecular flexibility index (Phi) is 6.62. The molecule has 2 aromatic heterocycles. The number of benzene rings is 3. The second kappa shape index (κ2) is 10.3. The van der Waals surface area contributed by atoms with Crippen molar-refractivity contribution in [2.24, 2.45) is 13.0 Å². The maximum absolute atomic E-state index is 11.9. The number of rotatable bonds is 7. The number of carboxylic acids is 1. The number of allylic oxidation sites excluding steroid dienone is 2. The highest BCUT2D eigenvalue weighted by Crippen LogP contribution is 2.34. The minimum atomic E-state index is -0.872. The summed E-state index contributed by atoms with van der Waals surface area (Å²) in [5, 5.41) is 9.76. The van der Waals surface area contributed by atoms with Crippen LogP contribution in [0.15, 0.2) is 78.4 Å². The van der Waals surface area contributed by atoms with E-state index in [4.69, 9.17) is 9.97 Å². The van der Waals surface area contributed by atoms with Crippen molar-refractivity contribution in [1.82, 2.24) is 19.1 Å². The van der Waals surface area contributed by atoms with Gasteiger partial charge in [0.25, 0.3) is 0 Å². The molecule has 1 atom stereocenters. The number of nitrogens with zero attached hydrogens (tertiary/aromatic N) is 4. The van der Waals surface area contributed by atoms with Gasteiger partial charge < -0.3 is 14.2 Å². The molecule has 6 rings (SSSR count). The number of aliphatic carboxylic acids is 1. The number of aryl methyl sites for hydroxylation is 3. The SMILES string of the molecule is CCCc1nc2c(C)cc(-c3nc4ccccc4n3C)cc2n1Cc1ccc(C2=C(C(=O)O)C=CCC2C)cc1. The summed E-state index contributed by atoms with van der Waals surface area (Å²) in [5.41, 5.74) is 9.88. The predicted molar refractivity (Wildman–Crippen MR) is 161 cm³/mol. The first kappa shape index (κ1) is 25.8. The van der Waals surface area contributed by atoms with Crippen LogP contribution in [0.5, 0.6) is 0 Å². The van der Waals surface area contributed by atoms with Gasteiger partial charge in [-0.1, -0.05) is 62.4 Å². The zero-order valence-corrected chi connectivity index (χ0v) is 23.5. The molecule has 0 saturated carbocycles. The molecule has 202 valence electrons. The monoisotopic (exact) mass is 530 g/mol. The molecule has 0 bridgehead atoms. The third kappa shape index (κ3) is 4.43. The van der Waals surface area contributed by atoms with Crippen LogP contribution in [-0.4, -0.2) is 30.2 Å². The van der Waals surface area contributed by atoms with Crippen molar-refractivity contribution in [2.75, 3.05) is 0 Å².